The molecule has 0 bridgehead atoms. The SMILES string of the molecule is CNc1cc(Nc2cccn([C@H]3CC[C@@H]3O)c2=O)nc2c(C(=O)N[C@@H]3C[C@@H]3F)cnn12. The summed E-state index contributed by atoms with van der Waals surface area (Å²) < 4.78 is 16.2. The van der Waals surface area contributed by atoms with Gasteiger partial charge in [-0.15, -0.1) is 0 Å². The van der Waals surface area contributed by atoms with E-state index >= 15 is 0 Å². The third-order valence-electron chi connectivity index (χ3n) is 5.80. The van der Waals surface area contributed by atoms with Gasteiger partial charge in [0.2, 0.25) is 0 Å². The molecule has 4 atom stereocenters. The molecule has 2 aliphatic rings. The molecule has 5 rings (SSSR count). The van der Waals surface area contributed by atoms with Crippen molar-refractivity contribution in [2.75, 3.05) is 17.7 Å². The van der Waals surface area contributed by atoms with Crippen molar-refractivity contribution in [3.8, 4) is 0 Å². The molecule has 0 aromatic carbocycles. The second-order valence-electron chi connectivity index (χ2n) is 7.87. The second-order valence-corrected chi connectivity index (χ2v) is 7.87. The molecule has 3 aromatic heterocycles. The minimum atomic E-state index is -1.02. The van der Waals surface area contributed by atoms with Crippen molar-refractivity contribution in [2.45, 2.75) is 43.6 Å². The van der Waals surface area contributed by atoms with Gasteiger partial charge in [0, 0.05) is 25.7 Å². The first kappa shape index (κ1) is 19.5. The fraction of sp³-hybridized carbons (Fsp3) is 0.400. The normalized spacial score (nSPS) is 24.5. The van der Waals surface area contributed by atoms with E-state index in [-0.39, 0.29) is 22.8 Å². The smallest absolute Gasteiger partial charge is 0.274 e. The monoisotopic (exact) mass is 427 g/mol. The van der Waals surface area contributed by atoms with Gasteiger partial charge in [-0.05, 0) is 25.0 Å². The van der Waals surface area contributed by atoms with Gasteiger partial charge >= 0.3 is 0 Å². The van der Waals surface area contributed by atoms with Gasteiger partial charge in [0.25, 0.3) is 11.5 Å². The van der Waals surface area contributed by atoms with E-state index in [4.69, 9.17) is 0 Å². The van der Waals surface area contributed by atoms with Crippen molar-refractivity contribution in [3.63, 3.8) is 0 Å². The highest BCUT2D eigenvalue weighted by atomic mass is 19.1. The second kappa shape index (κ2) is 7.34. The number of carbonyl (C=O) groups is 1. The largest absolute Gasteiger partial charge is 0.391 e. The van der Waals surface area contributed by atoms with E-state index in [1.165, 1.54) is 15.3 Å². The summed E-state index contributed by atoms with van der Waals surface area (Å²) in [6.45, 7) is 0. The molecule has 1 amide bonds. The van der Waals surface area contributed by atoms with Gasteiger partial charge < -0.3 is 25.6 Å². The molecular formula is C20H22FN7O3. The third-order valence-corrected chi connectivity index (χ3v) is 5.80. The van der Waals surface area contributed by atoms with Gasteiger partial charge in [-0.1, -0.05) is 0 Å². The molecule has 3 heterocycles. The zero-order valence-corrected chi connectivity index (χ0v) is 16.7. The Morgan fingerprint density at radius 3 is 2.81 bits per heavy atom. The van der Waals surface area contributed by atoms with E-state index in [1.54, 1.807) is 31.4 Å². The van der Waals surface area contributed by atoms with Crippen LogP contribution in [0.4, 0.5) is 21.7 Å². The number of hydrogen-bond donors (Lipinski definition) is 4. The number of amides is 1. The van der Waals surface area contributed by atoms with Crippen LogP contribution in [0.1, 0.15) is 35.7 Å². The van der Waals surface area contributed by atoms with Crippen LogP contribution >= 0.6 is 0 Å². The summed E-state index contributed by atoms with van der Waals surface area (Å²) in [5, 5.41) is 22.8. The van der Waals surface area contributed by atoms with Gasteiger partial charge in [-0.2, -0.15) is 9.61 Å². The van der Waals surface area contributed by atoms with Crippen molar-refractivity contribution < 1.29 is 14.3 Å². The molecule has 162 valence electrons. The first-order valence-corrected chi connectivity index (χ1v) is 10.1. The molecule has 2 aliphatic carbocycles. The fourth-order valence-electron chi connectivity index (χ4n) is 3.72. The molecule has 0 radical (unpaired) electrons. The number of nitrogens with zero attached hydrogens (tertiary/aromatic N) is 4. The van der Waals surface area contributed by atoms with Crippen LogP contribution in [0.5, 0.6) is 0 Å². The summed E-state index contributed by atoms with van der Waals surface area (Å²) in [4.78, 5) is 29.9. The summed E-state index contributed by atoms with van der Waals surface area (Å²) in [7, 11) is 1.70. The number of rotatable bonds is 6. The molecule has 31 heavy (non-hydrogen) atoms. The Kier molecular flexibility index (Phi) is 4.62. The number of aliphatic hydroxyl groups excluding tert-OH is 1. The molecule has 0 unspecified atom stereocenters. The molecule has 2 fully saturated rings. The number of aromatic nitrogens is 4. The molecule has 11 heteroatoms. The summed E-state index contributed by atoms with van der Waals surface area (Å²) in [5.74, 6) is 0.435. The van der Waals surface area contributed by atoms with Crippen LogP contribution in [0, 0.1) is 0 Å². The van der Waals surface area contributed by atoms with Gasteiger partial charge in [-0.3, -0.25) is 9.59 Å². The van der Waals surface area contributed by atoms with Crippen LogP contribution < -0.4 is 21.5 Å². The maximum Gasteiger partial charge on any atom is 0.274 e. The Labute approximate surface area is 176 Å². The Hall–Kier alpha value is -3.47. The molecular weight excluding hydrogens is 405 g/mol. The lowest BCUT2D eigenvalue weighted by Gasteiger charge is -2.34. The summed E-state index contributed by atoms with van der Waals surface area (Å²) in [5.41, 5.74) is 0.508. The topological polar surface area (TPSA) is 126 Å². The molecule has 10 nitrogen and oxygen atoms in total. The quantitative estimate of drug-likeness (QED) is 0.466. The molecule has 0 saturated heterocycles. The summed E-state index contributed by atoms with van der Waals surface area (Å²) in [6.07, 6.45) is 3.22. The average Bonchev–Trinajstić information content (AvgIpc) is 3.26. The summed E-state index contributed by atoms with van der Waals surface area (Å²) >= 11 is 0. The number of fused-ring (bicyclic) bond motifs is 1. The van der Waals surface area contributed by atoms with E-state index in [1.807, 2.05) is 0 Å². The average molecular weight is 427 g/mol. The zero-order valence-electron chi connectivity index (χ0n) is 16.7. The maximum atomic E-state index is 13.2. The van der Waals surface area contributed by atoms with Crippen molar-refractivity contribution >= 4 is 28.9 Å². The van der Waals surface area contributed by atoms with Gasteiger partial charge in [-0.25, -0.2) is 9.37 Å². The minimum absolute atomic E-state index is 0.210. The Balaban J connectivity index is 1.49. The number of nitrogens with one attached hydrogen (secondary N) is 3. The van der Waals surface area contributed by atoms with Crippen LogP contribution in [0.25, 0.3) is 5.65 Å². The standard InChI is InChI=1S/C20H22FN7O3/c1-22-17-8-16(24-12-3-2-6-27(20(12)31)14-4-5-15(14)29)26-18-10(9-23-28(17)18)19(30)25-13-7-11(13)21/h2-3,6,8-9,11,13-15,22,29H,4-5,7H2,1H3,(H,24,26)(H,25,30)/t11-,13+,14-,15-/m0/s1. The third kappa shape index (κ3) is 3.40. The van der Waals surface area contributed by atoms with E-state index in [0.29, 0.717) is 30.2 Å². The lowest BCUT2D eigenvalue weighted by molar-refractivity contribution is 0.0300. The molecule has 0 spiro atoms. The number of anilines is 3. The maximum absolute atomic E-state index is 13.2. The van der Waals surface area contributed by atoms with Gasteiger partial charge in [0.05, 0.1) is 24.4 Å². The highest BCUT2D eigenvalue weighted by molar-refractivity contribution is 6.00. The van der Waals surface area contributed by atoms with Crippen LogP contribution in [0.3, 0.4) is 0 Å². The minimum Gasteiger partial charge on any atom is -0.391 e. The number of pyridine rings is 1. The van der Waals surface area contributed by atoms with Crippen molar-refractivity contribution in [2.24, 2.45) is 0 Å². The predicted molar refractivity (Wildman–Crippen MR) is 112 cm³/mol. The summed E-state index contributed by atoms with van der Waals surface area (Å²) in [6, 6.07) is 4.32. The van der Waals surface area contributed by atoms with Crippen LogP contribution in [0.2, 0.25) is 0 Å². The highest BCUT2D eigenvalue weighted by Gasteiger charge is 2.39. The molecule has 0 aliphatic heterocycles. The lowest BCUT2D eigenvalue weighted by atomic mass is 9.89. The van der Waals surface area contributed by atoms with E-state index < -0.39 is 24.2 Å². The molecule has 2 saturated carbocycles. The highest BCUT2D eigenvalue weighted by Crippen LogP contribution is 2.31. The predicted octanol–water partition coefficient (Wildman–Crippen LogP) is 1.21. The van der Waals surface area contributed by atoms with E-state index in [2.05, 4.69) is 26.0 Å². The van der Waals surface area contributed by atoms with Crippen molar-refractivity contribution in [3.05, 3.63) is 46.5 Å². The first-order chi connectivity index (χ1) is 15.0. The fourth-order valence-corrected chi connectivity index (χ4v) is 3.72. The first-order valence-electron chi connectivity index (χ1n) is 10.1. The van der Waals surface area contributed by atoms with Crippen LogP contribution in [0.15, 0.2) is 35.4 Å². The zero-order chi connectivity index (χ0) is 21.7. The molecule has 3 aromatic rings. The lowest BCUT2D eigenvalue weighted by Crippen LogP contribution is -2.39. The van der Waals surface area contributed by atoms with Crippen molar-refractivity contribution in [1.29, 1.82) is 0 Å². The van der Waals surface area contributed by atoms with Gasteiger partial charge in [0.1, 0.15) is 29.1 Å². The van der Waals surface area contributed by atoms with E-state index in [9.17, 15) is 19.1 Å². The number of halogens is 1. The van der Waals surface area contributed by atoms with Crippen LogP contribution in [-0.2, 0) is 0 Å². The Bertz CT molecular complexity index is 1220. The Morgan fingerprint density at radius 2 is 2.16 bits per heavy atom. The van der Waals surface area contributed by atoms with E-state index in [0.717, 1.165) is 6.42 Å². The van der Waals surface area contributed by atoms with Crippen LogP contribution in [-0.4, -0.2) is 55.5 Å². The Morgan fingerprint density at radius 1 is 1.35 bits per heavy atom. The number of alkyl halides is 1. The van der Waals surface area contributed by atoms with Crippen molar-refractivity contribution in [1.82, 2.24) is 24.5 Å². The number of carbonyl (C=O) groups excluding carboxylic acids is 1. The van der Waals surface area contributed by atoms with Gasteiger partial charge in [0.15, 0.2) is 5.65 Å². The number of hydrogen-bond acceptors (Lipinski definition) is 7. The number of aliphatic hydroxyl groups is 1. The molecule has 4 N–H and O–H groups in total.